The summed E-state index contributed by atoms with van der Waals surface area (Å²) in [4.78, 5) is 4.55. The second kappa shape index (κ2) is 3.30. The van der Waals surface area contributed by atoms with Crippen LogP contribution in [0.3, 0.4) is 0 Å². The van der Waals surface area contributed by atoms with Gasteiger partial charge >= 0.3 is 0 Å². The number of aryl methyl sites for hydroxylation is 3. The van der Waals surface area contributed by atoms with E-state index in [1.54, 1.807) is 0 Å². The fourth-order valence-corrected chi connectivity index (χ4v) is 2.85. The second-order valence-electron chi connectivity index (χ2n) is 5.02. The van der Waals surface area contributed by atoms with E-state index < -0.39 is 0 Å². The van der Waals surface area contributed by atoms with E-state index in [1.807, 2.05) is 11.7 Å². The van der Waals surface area contributed by atoms with Gasteiger partial charge in [-0.25, -0.2) is 4.98 Å². The smallest absolute Gasteiger partial charge is 0.158 e. The van der Waals surface area contributed by atoms with E-state index in [-0.39, 0.29) is 0 Å². The lowest BCUT2D eigenvalue weighted by atomic mass is 9.84. The molecule has 0 fully saturated rings. The molecule has 16 heavy (non-hydrogen) atoms. The molecule has 1 atom stereocenters. The van der Waals surface area contributed by atoms with Crippen LogP contribution in [0, 0.1) is 12.8 Å². The molecule has 3 rings (SSSR count). The number of hydrogen-bond donors (Lipinski definition) is 0. The summed E-state index contributed by atoms with van der Waals surface area (Å²) in [7, 11) is 1.97. The zero-order valence-corrected chi connectivity index (χ0v) is 10.1. The Kier molecular flexibility index (Phi) is 2.03. The Morgan fingerprint density at radius 3 is 3.06 bits per heavy atom. The third kappa shape index (κ3) is 1.27. The molecule has 0 aliphatic heterocycles. The normalized spacial score (nSPS) is 20.1. The monoisotopic (exact) mass is 215 g/mol. The van der Waals surface area contributed by atoms with Gasteiger partial charge in [-0.15, -0.1) is 0 Å². The molecule has 3 heteroatoms. The van der Waals surface area contributed by atoms with Crippen LogP contribution in [0.25, 0.3) is 11.0 Å². The van der Waals surface area contributed by atoms with Gasteiger partial charge in [-0.2, -0.15) is 5.10 Å². The Labute approximate surface area is 95.5 Å². The van der Waals surface area contributed by atoms with E-state index in [2.05, 4.69) is 30.1 Å². The molecule has 0 spiro atoms. The maximum absolute atomic E-state index is 4.55. The summed E-state index contributed by atoms with van der Waals surface area (Å²) in [6.45, 7) is 4.41. The van der Waals surface area contributed by atoms with Crippen molar-refractivity contribution >= 4 is 11.0 Å². The van der Waals surface area contributed by atoms with Crippen molar-refractivity contribution in [3.63, 3.8) is 0 Å². The van der Waals surface area contributed by atoms with Crippen LogP contribution in [0.4, 0.5) is 0 Å². The summed E-state index contributed by atoms with van der Waals surface area (Å²) in [5.41, 5.74) is 5.08. The van der Waals surface area contributed by atoms with Gasteiger partial charge in [0.15, 0.2) is 5.65 Å². The molecule has 0 aromatic carbocycles. The Balaban J connectivity index is 2.31. The molecule has 0 bridgehead atoms. The minimum atomic E-state index is 0.795. The van der Waals surface area contributed by atoms with Crippen LogP contribution in [0.2, 0.25) is 0 Å². The quantitative estimate of drug-likeness (QED) is 0.675. The predicted octanol–water partition coefficient (Wildman–Crippen LogP) is 2.40. The first-order valence-electron chi connectivity index (χ1n) is 5.97. The predicted molar refractivity (Wildman–Crippen MR) is 64.4 cm³/mol. The molecule has 2 aromatic rings. The van der Waals surface area contributed by atoms with Crippen molar-refractivity contribution in [1.29, 1.82) is 0 Å². The van der Waals surface area contributed by atoms with Gasteiger partial charge in [0.25, 0.3) is 0 Å². The number of hydrogen-bond acceptors (Lipinski definition) is 2. The summed E-state index contributed by atoms with van der Waals surface area (Å²) in [5.74, 6) is 0.795. The van der Waals surface area contributed by atoms with Gasteiger partial charge in [0.1, 0.15) is 0 Å². The highest BCUT2D eigenvalue weighted by atomic mass is 15.3. The van der Waals surface area contributed by atoms with Crippen molar-refractivity contribution in [1.82, 2.24) is 14.8 Å². The van der Waals surface area contributed by atoms with Crippen LogP contribution in [0.5, 0.6) is 0 Å². The summed E-state index contributed by atoms with van der Waals surface area (Å²) in [5, 5.41) is 5.77. The molecule has 0 saturated heterocycles. The minimum absolute atomic E-state index is 0.795. The molecule has 84 valence electrons. The van der Waals surface area contributed by atoms with Crippen LogP contribution in [0.15, 0.2) is 6.20 Å². The Morgan fingerprint density at radius 2 is 2.25 bits per heavy atom. The standard InChI is InChI=1S/C13H17N3/c1-8-4-5-11-10(6-8)7-14-13-12(11)9(2)15-16(13)3/h7-8H,4-6H2,1-3H3. The molecule has 0 saturated carbocycles. The summed E-state index contributed by atoms with van der Waals surface area (Å²) in [6.07, 6.45) is 5.70. The van der Waals surface area contributed by atoms with Crippen molar-refractivity contribution < 1.29 is 0 Å². The van der Waals surface area contributed by atoms with Crippen LogP contribution in [0.1, 0.15) is 30.2 Å². The molecule has 3 nitrogen and oxygen atoms in total. The number of rotatable bonds is 0. The second-order valence-corrected chi connectivity index (χ2v) is 5.02. The zero-order chi connectivity index (χ0) is 11.3. The van der Waals surface area contributed by atoms with Gasteiger partial charge in [-0.1, -0.05) is 6.92 Å². The number of nitrogens with zero attached hydrogens (tertiary/aromatic N) is 3. The number of fused-ring (bicyclic) bond motifs is 3. The first-order valence-corrected chi connectivity index (χ1v) is 5.97. The topological polar surface area (TPSA) is 30.7 Å². The largest absolute Gasteiger partial charge is 0.250 e. The first-order chi connectivity index (χ1) is 7.66. The van der Waals surface area contributed by atoms with E-state index in [0.29, 0.717) is 0 Å². The first kappa shape index (κ1) is 9.82. The van der Waals surface area contributed by atoms with Crippen LogP contribution in [-0.4, -0.2) is 14.8 Å². The summed E-state index contributed by atoms with van der Waals surface area (Å²) < 4.78 is 1.89. The molecule has 1 aliphatic rings. The molecule has 0 amide bonds. The Hall–Kier alpha value is -1.38. The van der Waals surface area contributed by atoms with Crippen LogP contribution in [-0.2, 0) is 19.9 Å². The van der Waals surface area contributed by atoms with E-state index in [9.17, 15) is 0 Å². The number of pyridine rings is 1. The molecule has 1 unspecified atom stereocenters. The maximum atomic E-state index is 4.55. The third-order valence-electron chi connectivity index (χ3n) is 3.68. The highest BCUT2D eigenvalue weighted by Crippen LogP contribution is 2.31. The third-order valence-corrected chi connectivity index (χ3v) is 3.68. The fourth-order valence-electron chi connectivity index (χ4n) is 2.85. The zero-order valence-electron chi connectivity index (χ0n) is 10.1. The lowest BCUT2D eigenvalue weighted by molar-refractivity contribution is 0.502. The highest BCUT2D eigenvalue weighted by Gasteiger charge is 2.20. The van der Waals surface area contributed by atoms with Crippen LogP contribution < -0.4 is 0 Å². The molecule has 2 aromatic heterocycles. The SMILES string of the molecule is Cc1nn(C)c2ncc3c(c12)CCC(C)C3. The van der Waals surface area contributed by atoms with Crippen molar-refractivity contribution in [2.24, 2.45) is 13.0 Å². The van der Waals surface area contributed by atoms with Gasteiger partial charge in [0.05, 0.1) is 5.69 Å². The summed E-state index contributed by atoms with van der Waals surface area (Å²) >= 11 is 0. The van der Waals surface area contributed by atoms with Crippen molar-refractivity contribution in [2.75, 3.05) is 0 Å². The lowest BCUT2D eigenvalue weighted by Gasteiger charge is -2.21. The lowest BCUT2D eigenvalue weighted by Crippen LogP contribution is -2.12. The number of aromatic nitrogens is 3. The molecule has 0 radical (unpaired) electrons. The highest BCUT2D eigenvalue weighted by molar-refractivity contribution is 5.83. The van der Waals surface area contributed by atoms with E-state index >= 15 is 0 Å². The van der Waals surface area contributed by atoms with Gasteiger partial charge in [-0.3, -0.25) is 4.68 Å². The van der Waals surface area contributed by atoms with Gasteiger partial charge in [-0.05, 0) is 43.2 Å². The van der Waals surface area contributed by atoms with Crippen molar-refractivity contribution in [2.45, 2.75) is 33.1 Å². The van der Waals surface area contributed by atoms with Gasteiger partial charge in [0.2, 0.25) is 0 Å². The maximum Gasteiger partial charge on any atom is 0.158 e. The van der Waals surface area contributed by atoms with Gasteiger partial charge < -0.3 is 0 Å². The molecule has 2 heterocycles. The Bertz CT molecular complexity index is 554. The van der Waals surface area contributed by atoms with Crippen LogP contribution >= 0.6 is 0 Å². The average molecular weight is 215 g/mol. The summed E-state index contributed by atoms with van der Waals surface area (Å²) in [6, 6.07) is 0. The van der Waals surface area contributed by atoms with Crippen molar-refractivity contribution in [3.8, 4) is 0 Å². The fraction of sp³-hybridized carbons (Fsp3) is 0.538. The van der Waals surface area contributed by atoms with E-state index in [0.717, 1.165) is 17.3 Å². The molecule has 1 aliphatic carbocycles. The average Bonchev–Trinajstić information content (AvgIpc) is 2.54. The molecular formula is C13H17N3. The van der Waals surface area contributed by atoms with Crippen molar-refractivity contribution in [3.05, 3.63) is 23.0 Å². The van der Waals surface area contributed by atoms with E-state index in [1.165, 1.54) is 35.8 Å². The molecule has 0 N–H and O–H groups in total. The van der Waals surface area contributed by atoms with E-state index in [4.69, 9.17) is 0 Å². The Morgan fingerprint density at radius 1 is 1.44 bits per heavy atom. The minimum Gasteiger partial charge on any atom is -0.250 e. The van der Waals surface area contributed by atoms with Gasteiger partial charge in [0, 0.05) is 18.6 Å². The molecular weight excluding hydrogens is 198 g/mol.